The van der Waals surface area contributed by atoms with Gasteiger partial charge in [-0.1, -0.05) is 53.0 Å². The standard InChI is InChI=1S/C28H22Cl3N3O5/c1-14-7-8-15(2)22(9-14)32-24(35)13-39-25-20(30)11-17(12-21(25)31)10-18-26(36)33-28(38)34(27(18)37)23-6-4-5-19(29)16(23)3/h4-12H,13H2,1-3H3,(H,32,35)(H,33,36,38)/b18-10-. The van der Waals surface area contributed by atoms with E-state index in [-0.39, 0.29) is 33.7 Å². The number of nitrogens with one attached hydrogen (secondary N) is 2. The highest BCUT2D eigenvalue weighted by Gasteiger charge is 2.37. The van der Waals surface area contributed by atoms with E-state index < -0.39 is 23.8 Å². The number of carbonyl (C=O) groups is 4. The van der Waals surface area contributed by atoms with E-state index in [9.17, 15) is 19.2 Å². The number of hydrogen-bond donors (Lipinski definition) is 2. The Morgan fingerprint density at radius 1 is 0.974 bits per heavy atom. The Hall–Kier alpha value is -3.85. The molecule has 0 radical (unpaired) electrons. The van der Waals surface area contributed by atoms with Crippen LogP contribution in [0.5, 0.6) is 5.75 Å². The molecule has 0 unspecified atom stereocenters. The van der Waals surface area contributed by atoms with Gasteiger partial charge in [0.2, 0.25) is 0 Å². The molecule has 8 nitrogen and oxygen atoms in total. The molecule has 1 aliphatic rings. The Morgan fingerprint density at radius 3 is 2.36 bits per heavy atom. The third-order valence-corrected chi connectivity index (χ3v) is 6.90. The maximum atomic E-state index is 13.2. The van der Waals surface area contributed by atoms with Gasteiger partial charge in [-0.2, -0.15) is 0 Å². The van der Waals surface area contributed by atoms with Gasteiger partial charge < -0.3 is 10.1 Å². The average Bonchev–Trinajstić information content (AvgIpc) is 2.86. The average molecular weight is 587 g/mol. The molecule has 0 aromatic heterocycles. The van der Waals surface area contributed by atoms with Crippen molar-refractivity contribution in [1.82, 2.24) is 5.32 Å². The Kier molecular flexibility index (Phi) is 8.30. The van der Waals surface area contributed by atoms with Crippen LogP contribution in [-0.4, -0.2) is 30.4 Å². The predicted molar refractivity (Wildman–Crippen MR) is 152 cm³/mol. The van der Waals surface area contributed by atoms with Gasteiger partial charge in [-0.05, 0) is 79.4 Å². The zero-order valence-electron chi connectivity index (χ0n) is 21.0. The van der Waals surface area contributed by atoms with Gasteiger partial charge in [-0.3, -0.25) is 19.7 Å². The molecule has 11 heteroatoms. The van der Waals surface area contributed by atoms with E-state index in [4.69, 9.17) is 39.5 Å². The van der Waals surface area contributed by atoms with Crippen molar-refractivity contribution in [3.63, 3.8) is 0 Å². The number of anilines is 2. The number of amides is 5. The summed E-state index contributed by atoms with van der Waals surface area (Å²) in [5.74, 6) is -2.07. The molecule has 1 fully saturated rings. The molecule has 200 valence electrons. The van der Waals surface area contributed by atoms with E-state index in [1.807, 2.05) is 32.0 Å². The third kappa shape index (κ3) is 6.09. The predicted octanol–water partition coefficient (Wildman–Crippen LogP) is 6.26. The van der Waals surface area contributed by atoms with Crippen molar-refractivity contribution in [3.05, 3.63) is 91.4 Å². The van der Waals surface area contributed by atoms with Gasteiger partial charge in [0.15, 0.2) is 12.4 Å². The number of urea groups is 1. The summed E-state index contributed by atoms with van der Waals surface area (Å²) >= 11 is 18.9. The van der Waals surface area contributed by atoms with Crippen molar-refractivity contribution >= 4 is 76.0 Å². The lowest BCUT2D eigenvalue weighted by molar-refractivity contribution is -0.122. The van der Waals surface area contributed by atoms with Crippen LogP contribution < -0.4 is 20.3 Å². The van der Waals surface area contributed by atoms with E-state index in [0.717, 1.165) is 16.0 Å². The van der Waals surface area contributed by atoms with Crippen LogP contribution in [-0.2, 0) is 14.4 Å². The fourth-order valence-corrected chi connectivity index (χ4v) is 4.66. The lowest BCUT2D eigenvalue weighted by Gasteiger charge is -2.27. The zero-order chi connectivity index (χ0) is 28.4. The maximum Gasteiger partial charge on any atom is 0.335 e. The lowest BCUT2D eigenvalue weighted by atomic mass is 10.1. The highest BCUT2D eigenvalue weighted by atomic mass is 35.5. The van der Waals surface area contributed by atoms with E-state index in [2.05, 4.69) is 10.6 Å². The number of hydrogen-bond acceptors (Lipinski definition) is 5. The van der Waals surface area contributed by atoms with Crippen molar-refractivity contribution in [2.75, 3.05) is 16.8 Å². The van der Waals surface area contributed by atoms with Gasteiger partial charge in [-0.15, -0.1) is 0 Å². The molecule has 0 aliphatic carbocycles. The number of halogens is 3. The normalized spacial score (nSPS) is 14.5. The minimum Gasteiger partial charge on any atom is -0.481 e. The maximum absolute atomic E-state index is 13.2. The first-order valence-corrected chi connectivity index (χ1v) is 12.7. The van der Waals surface area contributed by atoms with Gasteiger partial charge in [-0.25, -0.2) is 9.69 Å². The Morgan fingerprint density at radius 2 is 1.67 bits per heavy atom. The van der Waals surface area contributed by atoms with Crippen LogP contribution in [0, 0.1) is 20.8 Å². The number of benzene rings is 3. The quantitative estimate of drug-likeness (QED) is 0.262. The monoisotopic (exact) mass is 585 g/mol. The van der Waals surface area contributed by atoms with Crippen LogP contribution in [0.2, 0.25) is 15.1 Å². The highest BCUT2D eigenvalue weighted by molar-refractivity contribution is 6.40. The second-order valence-corrected chi connectivity index (χ2v) is 10.0. The van der Waals surface area contributed by atoms with Crippen molar-refractivity contribution in [2.24, 2.45) is 0 Å². The van der Waals surface area contributed by atoms with Gasteiger partial charge in [0.05, 0.1) is 15.7 Å². The molecule has 2 N–H and O–H groups in total. The topological polar surface area (TPSA) is 105 Å². The number of ether oxygens (including phenoxy) is 1. The van der Waals surface area contributed by atoms with Crippen LogP contribution in [0.25, 0.3) is 6.08 Å². The molecule has 0 atom stereocenters. The largest absolute Gasteiger partial charge is 0.481 e. The summed E-state index contributed by atoms with van der Waals surface area (Å²) < 4.78 is 5.56. The van der Waals surface area contributed by atoms with Crippen LogP contribution in [0.3, 0.4) is 0 Å². The van der Waals surface area contributed by atoms with Gasteiger partial charge in [0.1, 0.15) is 5.57 Å². The summed E-state index contributed by atoms with van der Waals surface area (Å²) in [7, 11) is 0. The van der Waals surface area contributed by atoms with E-state index in [1.54, 1.807) is 25.1 Å². The van der Waals surface area contributed by atoms with Crippen molar-refractivity contribution < 1.29 is 23.9 Å². The summed E-state index contributed by atoms with van der Waals surface area (Å²) in [5.41, 5.74) is 3.27. The SMILES string of the molecule is Cc1ccc(C)c(NC(=O)COc2c(Cl)cc(/C=C3/C(=O)NC(=O)N(c4cccc(Cl)c4C)C3=O)cc2Cl)c1. The molecule has 1 aliphatic heterocycles. The molecule has 3 aromatic carbocycles. The molecule has 1 heterocycles. The minimum atomic E-state index is -0.897. The van der Waals surface area contributed by atoms with E-state index in [0.29, 0.717) is 21.8 Å². The smallest absolute Gasteiger partial charge is 0.335 e. The summed E-state index contributed by atoms with van der Waals surface area (Å²) in [5, 5.41) is 5.40. The molecular formula is C28H22Cl3N3O5. The van der Waals surface area contributed by atoms with Crippen LogP contribution >= 0.6 is 34.8 Å². The lowest BCUT2D eigenvalue weighted by Crippen LogP contribution is -2.54. The van der Waals surface area contributed by atoms with Crippen molar-refractivity contribution in [2.45, 2.75) is 20.8 Å². The van der Waals surface area contributed by atoms with E-state index in [1.165, 1.54) is 18.2 Å². The van der Waals surface area contributed by atoms with Gasteiger partial charge in [0.25, 0.3) is 17.7 Å². The first-order chi connectivity index (χ1) is 18.5. The second-order valence-electron chi connectivity index (χ2n) is 8.81. The van der Waals surface area contributed by atoms with Crippen molar-refractivity contribution in [1.29, 1.82) is 0 Å². The molecular weight excluding hydrogens is 565 g/mol. The Bertz CT molecular complexity index is 1540. The van der Waals surface area contributed by atoms with E-state index >= 15 is 0 Å². The fraction of sp³-hybridized carbons (Fsp3) is 0.143. The highest BCUT2D eigenvalue weighted by Crippen LogP contribution is 2.36. The molecule has 3 aromatic rings. The third-order valence-electron chi connectivity index (χ3n) is 5.93. The summed E-state index contributed by atoms with van der Waals surface area (Å²) in [6.07, 6.45) is 1.26. The molecule has 5 amide bonds. The molecule has 0 saturated carbocycles. The second kappa shape index (κ2) is 11.5. The fourth-order valence-electron chi connectivity index (χ4n) is 3.88. The summed E-state index contributed by atoms with van der Waals surface area (Å²) in [4.78, 5) is 51.6. The number of imide groups is 2. The molecule has 0 spiro atoms. The minimum absolute atomic E-state index is 0.0520. The van der Waals surface area contributed by atoms with Crippen molar-refractivity contribution in [3.8, 4) is 5.75 Å². The molecule has 39 heavy (non-hydrogen) atoms. The Labute approximate surface area is 239 Å². The number of barbiturate groups is 1. The van der Waals surface area contributed by atoms with Crippen LogP contribution in [0.15, 0.2) is 54.1 Å². The summed E-state index contributed by atoms with van der Waals surface area (Å²) in [6, 6.07) is 12.4. The number of rotatable bonds is 6. The number of aryl methyl sites for hydroxylation is 2. The Balaban J connectivity index is 1.55. The first-order valence-electron chi connectivity index (χ1n) is 11.6. The summed E-state index contributed by atoms with van der Waals surface area (Å²) in [6.45, 7) is 5.09. The molecule has 0 bridgehead atoms. The van der Waals surface area contributed by atoms with Crippen LogP contribution in [0.1, 0.15) is 22.3 Å². The van der Waals surface area contributed by atoms with Gasteiger partial charge in [0, 0.05) is 10.7 Å². The van der Waals surface area contributed by atoms with Gasteiger partial charge >= 0.3 is 6.03 Å². The number of nitrogens with zero attached hydrogens (tertiary/aromatic N) is 1. The molecule has 4 rings (SSSR count). The first kappa shape index (κ1) is 28.2. The molecule has 1 saturated heterocycles. The zero-order valence-corrected chi connectivity index (χ0v) is 23.3. The number of carbonyl (C=O) groups excluding carboxylic acids is 4. The van der Waals surface area contributed by atoms with Crippen LogP contribution in [0.4, 0.5) is 16.2 Å².